The van der Waals surface area contributed by atoms with Crippen molar-refractivity contribution in [3.8, 4) is 0 Å². The molecular weight excluding hydrogens is 300 g/mol. The Morgan fingerprint density at radius 3 is 2.64 bits per heavy atom. The second-order valence-electron chi connectivity index (χ2n) is 6.41. The molecule has 0 aliphatic carbocycles. The van der Waals surface area contributed by atoms with Gasteiger partial charge in [-0.1, -0.05) is 18.5 Å². The Morgan fingerprint density at radius 1 is 1.23 bits per heavy atom. The molecule has 0 aromatic heterocycles. The summed E-state index contributed by atoms with van der Waals surface area (Å²) in [7, 11) is 0. The lowest BCUT2D eigenvalue weighted by Crippen LogP contribution is -2.43. The first-order chi connectivity index (χ1) is 10.5. The first kappa shape index (κ1) is 15.3. The normalized spacial score (nSPS) is 25.6. The summed E-state index contributed by atoms with van der Waals surface area (Å²) >= 11 is 5.88. The van der Waals surface area contributed by atoms with Crippen LogP contribution in [0.3, 0.4) is 0 Å². The van der Waals surface area contributed by atoms with E-state index in [1.54, 1.807) is 17.0 Å². The van der Waals surface area contributed by atoms with Crippen LogP contribution in [0.15, 0.2) is 24.3 Å². The van der Waals surface area contributed by atoms with E-state index in [1.807, 2.05) is 17.0 Å². The topological polar surface area (TPSA) is 40.6 Å². The molecule has 0 radical (unpaired) electrons. The van der Waals surface area contributed by atoms with Crippen LogP contribution in [-0.4, -0.2) is 36.3 Å². The zero-order valence-corrected chi connectivity index (χ0v) is 13.6. The first-order valence-electron chi connectivity index (χ1n) is 7.89. The van der Waals surface area contributed by atoms with Crippen molar-refractivity contribution < 1.29 is 9.59 Å². The number of carbonyl (C=O) groups is 2. The average Bonchev–Trinajstić information content (AvgIpc) is 2.89. The fourth-order valence-corrected chi connectivity index (χ4v) is 3.52. The minimum atomic E-state index is -0.214. The molecule has 1 aromatic carbocycles. The van der Waals surface area contributed by atoms with Crippen molar-refractivity contribution in [3.05, 3.63) is 29.3 Å². The van der Waals surface area contributed by atoms with Crippen LogP contribution >= 0.6 is 11.6 Å². The van der Waals surface area contributed by atoms with E-state index >= 15 is 0 Å². The summed E-state index contributed by atoms with van der Waals surface area (Å²) in [6.45, 7) is 4.31. The Hall–Kier alpha value is -1.55. The predicted molar refractivity (Wildman–Crippen MR) is 86.9 cm³/mol. The van der Waals surface area contributed by atoms with Gasteiger partial charge in [-0.25, -0.2) is 0 Å². The highest BCUT2D eigenvalue weighted by molar-refractivity contribution is 6.30. The molecule has 2 aliphatic rings. The van der Waals surface area contributed by atoms with Gasteiger partial charge in [-0.3, -0.25) is 9.59 Å². The predicted octanol–water partition coefficient (Wildman–Crippen LogP) is 2.95. The molecule has 0 N–H and O–H groups in total. The molecule has 2 aliphatic heterocycles. The molecule has 2 atom stereocenters. The third-order valence-corrected chi connectivity index (χ3v) is 4.83. The number of nitrogens with zero attached hydrogens (tertiary/aromatic N) is 2. The van der Waals surface area contributed by atoms with Crippen molar-refractivity contribution in [2.24, 2.45) is 11.8 Å². The summed E-state index contributed by atoms with van der Waals surface area (Å²) in [5.41, 5.74) is 0.816. The molecule has 4 nitrogen and oxygen atoms in total. The molecule has 0 spiro atoms. The van der Waals surface area contributed by atoms with E-state index < -0.39 is 0 Å². The number of hydrogen-bond donors (Lipinski definition) is 0. The highest BCUT2D eigenvalue weighted by atomic mass is 35.5. The summed E-state index contributed by atoms with van der Waals surface area (Å²) in [6.07, 6.45) is 2.56. The van der Waals surface area contributed by atoms with E-state index in [9.17, 15) is 9.59 Å². The van der Waals surface area contributed by atoms with Gasteiger partial charge in [0.2, 0.25) is 11.8 Å². The lowest BCUT2D eigenvalue weighted by Gasteiger charge is -2.32. The van der Waals surface area contributed by atoms with Crippen LogP contribution in [0, 0.1) is 11.8 Å². The number of anilines is 1. The van der Waals surface area contributed by atoms with Crippen LogP contribution in [0.2, 0.25) is 5.02 Å². The molecule has 2 fully saturated rings. The second kappa shape index (κ2) is 6.29. The van der Waals surface area contributed by atoms with E-state index in [2.05, 4.69) is 6.92 Å². The fourth-order valence-electron chi connectivity index (χ4n) is 3.39. The lowest BCUT2D eigenvalue weighted by atomic mass is 9.98. The molecule has 5 heteroatoms. The number of rotatable bonds is 2. The number of piperidine rings is 1. The summed E-state index contributed by atoms with van der Waals surface area (Å²) in [5, 5.41) is 0.644. The van der Waals surface area contributed by atoms with Gasteiger partial charge in [0.25, 0.3) is 0 Å². The second-order valence-corrected chi connectivity index (χ2v) is 6.85. The summed E-state index contributed by atoms with van der Waals surface area (Å²) in [4.78, 5) is 28.5. The number of benzene rings is 1. The fraction of sp³-hybridized carbons (Fsp3) is 0.529. The van der Waals surface area contributed by atoms with Crippen molar-refractivity contribution in [2.75, 3.05) is 24.5 Å². The molecule has 22 heavy (non-hydrogen) atoms. The van der Waals surface area contributed by atoms with Gasteiger partial charge in [-0.15, -0.1) is 0 Å². The van der Waals surface area contributed by atoms with Gasteiger partial charge in [0.05, 0.1) is 5.92 Å². The van der Waals surface area contributed by atoms with Crippen LogP contribution in [-0.2, 0) is 9.59 Å². The monoisotopic (exact) mass is 320 g/mol. The van der Waals surface area contributed by atoms with Crippen molar-refractivity contribution >= 4 is 29.1 Å². The maximum absolute atomic E-state index is 12.6. The van der Waals surface area contributed by atoms with Crippen LogP contribution in [0.1, 0.15) is 26.2 Å². The Bertz CT molecular complexity index is 573. The highest BCUT2D eigenvalue weighted by Gasteiger charge is 2.37. The van der Waals surface area contributed by atoms with Gasteiger partial charge in [-0.05, 0) is 43.0 Å². The Balaban J connectivity index is 1.68. The minimum Gasteiger partial charge on any atom is -0.342 e. The number of likely N-dealkylation sites (tertiary alicyclic amines) is 1. The number of hydrogen-bond acceptors (Lipinski definition) is 2. The SMILES string of the molecule is C[C@@H]1CCCN(C(=O)[C@H]2CC(=O)N(c3ccc(Cl)cc3)C2)C1. The molecule has 2 saturated heterocycles. The zero-order valence-electron chi connectivity index (χ0n) is 12.8. The van der Waals surface area contributed by atoms with Crippen molar-refractivity contribution in [2.45, 2.75) is 26.2 Å². The molecule has 1 aromatic rings. The van der Waals surface area contributed by atoms with Gasteiger partial charge >= 0.3 is 0 Å². The van der Waals surface area contributed by atoms with Gasteiger partial charge in [-0.2, -0.15) is 0 Å². The molecule has 118 valence electrons. The smallest absolute Gasteiger partial charge is 0.228 e. The van der Waals surface area contributed by atoms with Crippen molar-refractivity contribution in [1.82, 2.24) is 4.90 Å². The third-order valence-electron chi connectivity index (χ3n) is 4.58. The average molecular weight is 321 g/mol. The van der Waals surface area contributed by atoms with Crippen LogP contribution < -0.4 is 4.90 Å². The molecule has 0 saturated carbocycles. The van der Waals surface area contributed by atoms with Gasteiger partial charge in [0.1, 0.15) is 0 Å². The largest absolute Gasteiger partial charge is 0.342 e. The molecule has 2 heterocycles. The van der Waals surface area contributed by atoms with Crippen LogP contribution in [0.25, 0.3) is 0 Å². The maximum Gasteiger partial charge on any atom is 0.228 e. The van der Waals surface area contributed by atoms with E-state index in [0.29, 0.717) is 23.9 Å². The van der Waals surface area contributed by atoms with Crippen LogP contribution in [0.4, 0.5) is 5.69 Å². The summed E-state index contributed by atoms with van der Waals surface area (Å²) < 4.78 is 0. The van der Waals surface area contributed by atoms with E-state index in [1.165, 1.54) is 6.42 Å². The quantitative estimate of drug-likeness (QED) is 0.840. The van der Waals surface area contributed by atoms with Gasteiger partial charge in [0.15, 0.2) is 0 Å². The number of halogens is 1. The lowest BCUT2D eigenvalue weighted by molar-refractivity contribution is -0.137. The summed E-state index contributed by atoms with van der Waals surface area (Å²) in [6, 6.07) is 7.20. The molecule has 0 unspecified atom stereocenters. The molecule has 3 rings (SSSR count). The summed E-state index contributed by atoms with van der Waals surface area (Å²) in [5.74, 6) is 0.498. The van der Waals surface area contributed by atoms with E-state index in [4.69, 9.17) is 11.6 Å². The van der Waals surface area contributed by atoms with Crippen molar-refractivity contribution in [1.29, 1.82) is 0 Å². The molecule has 2 amide bonds. The maximum atomic E-state index is 12.6. The highest BCUT2D eigenvalue weighted by Crippen LogP contribution is 2.28. The minimum absolute atomic E-state index is 0.0192. The van der Waals surface area contributed by atoms with E-state index in [-0.39, 0.29) is 17.7 Å². The van der Waals surface area contributed by atoms with Gasteiger partial charge < -0.3 is 9.80 Å². The van der Waals surface area contributed by atoms with Crippen LogP contribution in [0.5, 0.6) is 0 Å². The van der Waals surface area contributed by atoms with Gasteiger partial charge in [0, 0.05) is 36.8 Å². The standard InChI is InChI=1S/C17H21ClN2O2/c1-12-3-2-8-19(10-12)17(22)13-9-16(21)20(11-13)15-6-4-14(18)5-7-15/h4-7,12-13H,2-3,8-11H2,1H3/t12-,13+/m1/s1. The Labute approximate surface area is 136 Å². The zero-order chi connectivity index (χ0) is 15.7. The third kappa shape index (κ3) is 3.12. The Morgan fingerprint density at radius 2 is 1.95 bits per heavy atom. The number of carbonyl (C=O) groups excluding carboxylic acids is 2. The molecule has 0 bridgehead atoms. The van der Waals surface area contributed by atoms with E-state index in [0.717, 1.165) is 25.2 Å². The van der Waals surface area contributed by atoms with Crippen molar-refractivity contribution in [3.63, 3.8) is 0 Å². The molecular formula is C17H21ClN2O2. The first-order valence-corrected chi connectivity index (χ1v) is 8.27. The number of amides is 2. The Kier molecular flexibility index (Phi) is 4.39.